The summed E-state index contributed by atoms with van der Waals surface area (Å²) in [6.07, 6.45) is -1.70. The van der Waals surface area contributed by atoms with Gasteiger partial charge in [0, 0.05) is 18.8 Å². The van der Waals surface area contributed by atoms with Crippen LogP contribution in [-0.2, 0) is 23.7 Å². The van der Waals surface area contributed by atoms with Gasteiger partial charge < -0.3 is 23.7 Å². The maximum absolute atomic E-state index is 6.59. The van der Waals surface area contributed by atoms with Crippen LogP contribution in [0.3, 0.4) is 0 Å². The topological polar surface area (TPSA) is 46.2 Å². The van der Waals surface area contributed by atoms with Gasteiger partial charge in [0.1, 0.15) is 30.5 Å². The summed E-state index contributed by atoms with van der Waals surface area (Å²) >= 11 is 0. The number of ether oxygens (including phenoxy) is 5. The monoisotopic (exact) mass is 440 g/mol. The molecule has 2 aromatic carbocycles. The summed E-state index contributed by atoms with van der Waals surface area (Å²) in [5.41, 5.74) is 2.08. The molecule has 0 N–H and O–H groups in total. The van der Waals surface area contributed by atoms with Gasteiger partial charge in [-0.1, -0.05) is 88.4 Å². The minimum absolute atomic E-state index is 0.226. The number of benzene rings is 2. The molecule has 2 heterocycles. The van der Waals surface area contributed by atoms with Gasteiger partial charge in [0.05, 0.1) is 6.61 Å². The van der Waals surface area contributed by atoms with Gasteiger partial charge >= 0.3 is 0 Å². The number of hydrogen-bond donors (Lipinski definition) is 0. The quantitative estimate of drug-likeness (QED) is 0.556. The molecule has 0 radical (unpaired) electrons. The molecule has 2 aromatic rings. The van der Waals surface area contributed by atoms with Crippen LogP contribution in [0.1, 0.15) is 51.2 Å². The molecule has 174 valence electrons. The van der Waals surface area contributed by atoms with Crippen molar-refractivity contribution in [2.24, 2.45) is 11.8 Å². The molecular formula is C27H36O5. The van der Waals surface area contributed by atoms with Gasteiger partial charge in [0.2, 0.25) is 0 Å². The summed E-state index contributed by atoms with van der Waals surface area (Å²) in [5.74, 6) is 0.810. The van der Waals surface area contributed by atoms with E-state index in [2.05, 4.69) is 39.8 Å². The molecule has 0 aromatic heterocycles. The molecule has 5 heteroatoms. The molecule has 32 heavy (non-hydrogen) atoms. The van der Waals surface area contributed by atoms with Gasteiger partial charge in [0.25, 0.3) is 0 Å². The van der Waals surface area contributed by atoms with Crippen molar-refractivity contribution < 1.29 is 23.7 Å². The van der Waals surface area contributed by atoms with E-state index in [9.17, 15) is 0 Å². The van der Waals surface area contributed by atoms with Crippen LogP contribution in [0.15, 0.2) is 60.7 Å². The Morgan fingerprint density at radius 3 is 1.91 bits per heavy atom. The van der Waals surface area contributed by atoms with Gasteiger partial charge in [-0.15, -0.1) is 0 Å². The highest BCUT2D eigenvalue weighted by atomic mass is 16.7. The average molecular weight is 441 g/mol. The lowest BCUT2D eigenvalue weighted by Gasteiger charge is -2.49. The van der Waals surface area contributed by atoms with Gasteiger partial charge in [0.15, 0.2) is 6.29 Å². The molecule has 2 aliphatic heterocycles. The molecule has 2 aliphatic rings. The van der Waals surface area contributed by atoms with Crippen molar-refractivity contribution in [2.45, 2.75) is 64.5 Å². The van der Waals surface area contributed by atoms with E-state index in [0.717, 1.165) is 11.1 Å². The molecule has 0 amide bonds. The SMILES string of the molecule is CC(C)CO[C@@H]1[C@@H](OCC(C)C)[C@H](c2ccccc2)O[C@@H]2CO[C@@H](c3ccccc3)O[C@@H]12. The molecule has 0 unspecified atom stereocenters. The molecule has 0 aliphatic carbocycles. The Kier molecular flexibility index (Phi) is 7.98. The van der Waals surface area contributed by atoms with E-state index in [4.69, 9.17) is 23.7 Å². The predicted molar refractivity (Wildman–Crippen MR) is 123 cm³/mol. The Bertz CT molecular complexity index is 809. The van der Waals surface area contributed by atoms with Crippen molar-refractivity contribution in [3.63, 3.8) is 0 Å². The zero-order valence-corrected chi connectivity index (χ0v) is 19.6. The van der Waals surface area contributed by atoms with Crippen LogP contribution in [0, 0.1) is 11.8 Å². The standard InChI is InChI=1S/C27H36O5/c1-18(2)15-28-25-23(20-11-7-5-8-12-20)31-22-17-30-27(21-13-9-6-10-14-21)32-24(22)26(25)29-16-19(3)4/h5-14,18-19,22-27H,15-17H2,1-4H3/t22-,23+,24-,25+,26+,27-/m1/s1. The Morgan fingerprint density at radius 1 is 0.750 bits per heavy atom. The van der Waals surface area contributed by atoms with E-state index < -0.39 is 6.29 Å². The zero-order valence-electron chi connectivity index (χ0n) is 19.6. The largest absolute Gasteiger partial charge is 0.372 e. The lowest BCUT2D eigenvalue weighted by molar-refractivity contribution is -0.340. The third-order valence-electron chi connectivity index (χ3n) is 5.77. The third-order valence-corrected chi connectivity index (χ3v) is 5.77. The maximum atomic E-state index is 6.59. The van der Waals surface area contributed by atoms with Crippen molar-refractivity contribution in [3.8, 4) is 0 Å². The second kappa shape index (κ2) is 10.9. The van der Waals surface area contributed by atoms with Gasteiger partial charge in [-0.2, -0.15) is 0 Å². The molecule has 2 saturated heterocycles. The molecule has 4 rings (SSSR count). The van der Waals surface area contributed by atoms with Crippen molar-refractivity contribution in [2.75, 3.05) is 19.8 Å². The maximum Gasteiger partial charge on any atom is 0.184 e. The van der Waals surface area contributed by atoms with E-state index in [1.807, 2.05) is 48.5 Å². The van der Waals surface area contributed by atoms with Crippen molar-refractivity contribution in [3.05, 3.63) is 71.8 Å². The average Bonchev–Trinajstić information content (AvgIpc) is 2.81. The summed E-state index contributed by atoms with van der Waals surface area (Å²) < 4.78 is 32.1. The highest BCUT2D eigenvalue weighted by Crippen LogP contribution is 2.41. The highest BCUT2D eigenvalue weighted by molar-refractivity contribution is 5.21. The van der Waals surface area contributed by atoms with Crippen LogP contribution in [0.25, 0.3) is 0 Å². The first kappa shape index (κ1) is 23.4. The predicted octanol–water partition coefficient (Wildman–Crippen LogP) is 5.32. The van der Waals surface area contributed by atoms with Gasteiger partial charge in [-0.3, -0.25) is 0 Å². The van der Waals surface area contributed by atoms with E-state index in [1.54, 1.807) is 0 Å². The number of hydrogen-bond acceptors (Lipinski definition) is 5. The fourth-order valence-electron chi connectivity index (χ4n) is 4.25. The summed E-state index contributed by atoms with van der Waals surface area (Å²) in [4.78, 5) is 0. The van der Waals surface area contributed by atoms with Crippen LogP contribution < -0.4 is 0 Å². The van der Waals surface area contributed by atoms with E-state index in [1.165, 1.54) is 0 Å². The lowest BCUT2D eigenvalue weighted by atomic mass is 9.90. The summed E-state index contributed by atoms with van der Waals surface area (Å²) in [6.45, 7) is 10.4. The van der Waals surface area contributed by atoms with E-state index in [-0.39, 0.29) is 30.5 Å². The fraction of sp³-hybridized carbons (Fsp3) is 0.556. The highest BCUT2D eigenvalue weighted by Gasteiger charge is 2.51. The first-order valence-corrected chi connectivity index (χ1v) is 11.8. The smallest absolute Gasteiger partial charge is 0.184 e. The van der Waals surface area contributed by atoms with E-state index in [0.29, 0.717) is 31.7 Å². The normalized spacial score (nSPS) is 30.4. The van der Waals surface area contributed by atoms with Crippen LogP contribution in [0.5, 0.6) is 0 Å². The van der Waals surface area contributed by atoms with Crippen LogP contribution in [-0.4, -0.2) is 44.2 Å². The Balaban J connectivity index is 1.63. The molecule has 0 saturated carbocycles. The van der Waals surface area contributed by atoms with E-state index >= 15 is 0 Å². The van der Waals surface area contributed by atoms with Crippen LogP contribution in [0.2, 0.25) is 0 Å². The van der Waals surface area contributed by atoms with Crippen LogP contribution >= 0.6 is 0 Å². The molecule has 6 atom stereocenters. The number of rotatable bonds is 8. The molecular weight excluding hydrogens is 404 g/mol. The Labute approximate surface area is 192 Å². The minimum Gasteiger partial charge on any atom is -0.372 e. The summed E-state index contributed by atoms with van der Waals surface area (Å²) in [6, 6.07) is 20.3. The van der Waals surface area contributed by atoms with Crippen molar-refractivity contribution in [1.29, 1.82) is 0 Å². The summed E-state index contributed by atoms with van der Waals surface area (Å²) in [7, 11) is 0. The van der Waals surface area contributed by atoms with Crippen molar-refractivity contribution >= 4 is 0 Å². The lowest BCUT2D eigenvalue weighted by Crippen LogP contribution is -2.60. The molecule has 0 spiro atoms. The summed E-state index contributed by atoms with van der Waals surface area (Å²) in [5, 5.41) is 0. The zero-order chi connectivity index (χ0) is 22.5. The van der Waals surface area contributed by atoms with Crippen molar-refractivity contribution in [1.82, 2.24) is 0 Å². The second-order valence-electron chi connectivity index (χ2n) is 9.57. The molecule has 2 fully saturated rings. The fourth-order valence-corrected chi connectivity index (χ4v) is 4.25. The van der Waals surface area contributed by atoms with Gasteiger partial charge in [-0.05, 0) is 17.4 Å². The molecule has 5 nitrogen and oxygen atoms in total. The molecule has 0 bridgehead atoms. The first-order chi connectivity index (χ1) is 15.5. The van der Waals surface area contributed by atoms with Gasteiger partial charge in [-0.25, -0.2) is 0 Å². The minimum atomic E-state index is -0.440. The second-order valence-corrected chi connectivity index (χ2v) is 9.57. The third kappa shape index (κ3) is 5.59. The first-order valence-electron chi connectivity index (χ1n) is 11.8. The Morgan fingerprint density at radius 2 is 1.31 bits per heavy atom. The Hall–Kier alpha value is -1.76. The number of fused-ring (bicyclic) bond motifs is 1. The van der Waals surface area contributed by atoms with Crippen LogP contribution in [0.4, 0.5) is 0 Å².